The number of nitrogens with one attached hydrogen (secondary N) is 1. The Morgan fingerprint density at radius 3 is 2.52 bits per heavy atom. The van der Waals surface area contributed by atoms with Crippen LogP contribution >= 0.6 is 11.3 Å². The van der Waals surface area contributed by atoms with Gasteiger partial charge in [-0.3, -0.25) is 9.10 Å². The number of anilines is 2. The topological polar surface area (TPSA) is 66.5 Å². The smallest absolute Gasteiger partial charge is 0.265 e. The Kier molecular flexibility index (Phi) is 4.91. The maximum absolute atomic E-state index is 13.9. The zero-order valence-corrected chi connectivity index (χ0v) is 18.0. The van der Waals surface area contributed by atoms with Crippen molar-refractivity contribution in [2.75, 3.05) is 9.62 Å². The maximum atomic E-state index is 13.9. The minimum atomic E-state index is -4.12. The van der Waals surface area contributed by atoms with E-state index in [4.69, 9.17) is 0 Å². The van der Waals surface area contributed by atoms with Crippen LogP contribution in [0.5, 0.6) is 0 Å². The molecule has 2 aliphatic rings. The largest absolute Gasteiger partial charge is 0.357 e. The highest BCUT2D eigenvalue weighted by Crippen LogP contribution is 2.48. The molecular weight excluding hydrogens is 435 g/mol. The van der Waals surface area contributed by atoms with Crippen LogP contribution in [0.2, 0.25) is 0 Å². The van der Waals surface area contributed by atoms with Crippen molar-refractivity contribution in [2.45, 2.75) is 30.2 Å². The van der Waals surface area contributed by atoms with E-state index < -0.39 is 21.9 Å². The van der Waals surface area contributed by atoms with Crippen molar-refractivity contribution in [2.24, 2.45) is 0 Å². The van der Waals surface area contributed by atoms with Gasteiger partial charge in [-0.2, -0.15) is 0 Å². The van der Waals surface area contributed by atoms with Crippen molar-refractivity contribution in [3.63, 3.8) is 0 Å². The van der Waals surface area contributed by atoms with Gasteiger partial charge in [0, 0.05) is 22.6 Å². The summed E-state index contributed by atoms with van der Waals surface area (Å²) in [6, 6.07) is 14.8. The second-order valence-electron chi connectivity index (χ2n) is 7.48. The number of sulfonamides is 1. The van der Waals surface area contributed by atoms with Crippen LogP contribution < -0.4 is 9.62 Å². The van der Waals surface area contributed by atoms with Gasteiger partial charge >= 0.3 is 0 Å². The van der Waals surface area contributed by atoms with Crippen molar-refractivity contribution >= 4 is 38.5 Å². The number of ketones is 1. The predicted molar refractivity (Wildman–Crippen MR) is 119 cm³/mol. The molecule has 5 nitrogen and oxygen atoms in total. The number of thiophene rings is 1. The fourth-order valence-corrected chi connectivity index (χ4v) is 6.71. The minimum absolute atomic E-state index is 0.0300. The molecular formula is C23H19FN2O3S2. The summed E-state index contributed by atoms with van der Waals surface area (Å²) in [5.41, 5.74) is 2.32. The van der Waals surface area contributed by atoms with Crippen LogP contribution in [0, 0.1) is 5.82 Å². The van der Waals surface area contributed by atoms with E-state index in [9.17, 15) is 17.6 Å². The van der Waals surface area contributed by atoms with Gasteiger partial charge in [0.1, 0.15) is 11.9 Å². The number of hydrogen-bond donors (Lipinski definition) is 1. The van der Waals surface area contributed by atoms with Gasteiger partial charge in [-0.1, -0.05) is 18.2 Å². The molecule has 2 aromatic carbocycles. The summed E-state index contributed by atoms with van der Waals surface area (Å²) in [6.07, 6.45) is 1.76. The Labute approximate surface area is 183 Å². The zero-order valence-electron chi connectivity index (χ0n) is 16.4. The number of halogens is 1. The number of benzene rings is 2. The van der Waals surface area contributed by atoms with Gasteiger partial charge in [-0.25, -0.2) is 12.8 Å². The van der Waals surface area contributed by atoms with Gasteiger partial charge in [0.05, 0.1) is 16.3 Å². The molecule has 31 heavy (non-hydrogen) atoms. The lowest BCUT2D eigenvalue weighted by Gasteiger charge is -2.33. The molecule has 0 fully saturated rings. The summed E-state index contributed by atoms with van der Waals surface area (Å²) >= 11 is 1.41. The summed E-state index contributed by atoms with van der Waals surface area (Å²) in [6.45, 7) is 0. The molecule has 8 heteroatoms. The molecule has 0 unspecified atom stereocenters. The number of Topliss-reactive ketones (excluding diaryl/α,β-unsaturated/α-hetero) is 1. The fourth-order valence-electron chi connectivity index (χ4n) is 4.19. The number of fused-ring (bicyclic) bond motifs is 1. The molecule has 0 bridgehead atoms. The van der Waals surface area contributed by atoms with Gasteiger partial charge in [0.15, 0.2) is 5.78 Å². The third kappa shape index (κ3) is 3.36. The van der Waals surface area contributed by atoms with Gasteiger partial charge in [-0.05, 0) is 60.7 Å². The molecule has 0 saturated heterocycles. The second-order valence-corrected chi connectivity index (χ2v) is 10.3. The number of nitrogens with zero attached hydrogens (tertiary/aromatic N) is 1. The quantitative estimate of drug-likeness (QED) is 0.587. The van der Waals surface area contributed by atoms with Crippen molar-refractivity contribution in [1.29, 1.82) is 0 Å². The molecule has 1 atom stereocenters. The van der Waals surface area contributed by atoms with Gasteiger partial charge in [0.2, 0.25) is 0 Å². The SMILES string of the molecule is O=C1CCCC2=C1[C@@H](c1cccs1)N(S(=O)(=O)c1ccc(F)cc1)c1ccccc1N2. The fraction of sp³-hybridized carbons (Fsp3) is 0.174. The number of carbonyl (C=O) groups is 1. The number of carbonyl (C=O) groups excluding carboxylic acids is 1. The second kappa shape index (κ2) is 7.62. The predicted octanol–water partition coefficient (Wildman–Crippen LogP) is 5.26. The third-order valence-corrected chi connectivity index (χ3v) is 8.29. The van der Waals surface area contributed by atoms with Gasteiger partial charge in [-0.15, -0.1) is 11.3 Å². The lowest BCUT2D eigenvalue weighted by molar-refractivity contribution is -0.116. The highest BCUT2D eigenvalue weighted by atomic mass is 32.2. The third-order valence-electron chi connectivity index (χ3n) is 5.57. The molecule has 1 aromatic heterocycles. The molecule has 158 valence electrons. The highest BCUT2D eigenvalue weighted by Gasteiger charge is 2.42. The van der Waals surface area contributed by atoms with E-state index >= 15 is 0 Å². The van der Waals surface area contributed by atoms with Crippen LogP contribution in [0.1, 0.15) is 30.2 Å². The molecule has 0 spiro atoms. The normalized spacial score (nSPS) is 18.8. The van der Waals surface area contributed by atoms with Gasteiger partial charge < -0.3 is 5.32 Å². The molecule has 1 aliphatic heterocycles. The van der Waals surface area contributed by atoms with Crippen molar-refractivity contribution in [1.82, 2.24) is 0 Å². The first-order valence-electron chi connectivity index (χ1n) is 9.92. The van der Waals surface area contributed by atoms with Crippen LogP contribution in [-0.2, 0) is 14.8 Å². The molecule has 5 rings (SSSR count). The van der Waals surface area contributed by atoms with E-state index in [-0.39, 0.29) is 10.7 Å². The highest BCUT2D eigenvalue weighted by molar-refractivity contribution is 7.92. The van der Waals surface area contributed by atoms with Crippen LogP contribution in [0.4, 0.5) is 15.8 Å². The first-order valence-corrected chi connectivity index (χ1v) is 12.2. The monoisotopic (exact) mass is 454 g/mol. The molecule has 0 saturated carbocycles. The summed E-state index contributed by atoms with van der Waals surface area (Å²) in [7, 11) is -4.12. The molecule has 2 heterocycles. The van der Waals surface area contributed by atoms with Crippen molar-refractivity contribution in [3.05, 3.63) is 88.0 Å². The average Bonchev–Trinajstić information content (AvgIpc) is 3.23. The average molecular weight is 455 g/mol. The van der Waals surface area contributed by atoms with E-state index in [0.29, 0.717) is 36.2 Å². The zero-order chi connectivity index (χ0) is 21.6. The lowest BCUT2D eigenvalue weighted by atomic mass is 9.89. The number of hydrogen-bond acceptors (Lipinski definition) is 5. The number of para-hydroxylation sites is 2. The molecule has 0 amide bonds. The van der Waals surface area contributed by atoms with Crippen molar-refractivity contribution < 1.29 is 17.6 Å². The van der Waals surface area contributed by atoms with E-state index in [1.54, 1.807) is 12.1 Å². The first kappa shape index (κ1) is 20.0. The Bertz CT molecular complexity index is 1280. The first-order chi connectivity index (χ1) is 15.0. The standard InChI is InChI=1S/C23H19FN2O3S2/c24-15-10-12-16(13-11-15)31(28,29)26-19-7-2-1-5-17(19)25-18-6-3-8-20(27)22(18)23(26)21-9-4-14-30-21/h1-2,4-5,7,9-14,23,25H,3,6,8H2/t23-/m1/s1. The van der Waals surface area contributed by atoms with Crippen molar-refractivity contribution in [3.8, 4) is 0 Å². The molecule has 3 aromatic rings. The summed E-state index contributed by atoms with van der Waals surface area (Å²) < 4.78 is 42.7. The summed E-state index contributed by atoms with van der Waals surface area (Å²) in [4.78, 5) is 13.9. The molecule has 1 N–H and O–H groups in total. The van der Waals surface area contributed by atoms with E-state index in [1.165, 1.54) is 27.8 Å². The van der Waals surface area contributed by atoms with Crippen LogP contribution in [0.25, 0.3) is 0 Å². The number of rotatable bonds is 3. The van der Waals surface area contributed by atoms with Crippen LogP contribution in [0.3, 0.4) is 0 Å². The van der Waals surface area contributed by atoms with Crippen LogP contribution in [0.15, 0.2) is 82.2 Å². The minimum Gasteiger partial charge on any atom is -0.357 e. The van der Waals surface area contributed by atoms with Gasteiger partial charge in [0.25, 0.3) is 10.0 Å². The Morgan fingerprint density at radius 2 is 1.77 bits per heavy atom. The van der Waals surface area contributed by atoms with E-state index in [2.05, 4.69) is 5.32 Å². The Morgan fingerprint density at radius 1 is 1.00 bits per heavy atom. The summed E-state index contributed by atoms with van der Waals surface area (Å²) in [5, 5.41) is 5.21. The summed E-state index contributed by atoms with van der Waals surface area (Å²) in [5.74, 6) is -0.571. The Hall–Kier alpha value is -2.97. The number of allylic oxidation sites excluding steroid dienone is 1. The lowest BCUT2D eigenvalue weighted by Crippen LogP contribution is -2.37. The molecule has 1 aliphatic carbocycles. The maximum Gasteiger partial charge on any atom is 0.265 e. The van der Waals surface area contributed by atoms with E-state index in [1.807, 2.05) is 29.6 Å². The molecule has 0 radical (unpaired) electrons. The Balaban J connectivity index is 1.82. The van der Waals surface area contributed by atoms with Crippen LogP contribution in [-0.4, -0.2) is 14.2 Å². The van der Waals surface area contributed by atoms with E-state index in [0.717, 1.165) is 22.7 Å².